The van der Waals surface area contributed by atoms with Gasteiger partial charge in [0, 0.05) is 12.7 Å². The summed E-state index contributed by atoms with van der Waals surface area (Å²) in [6.45, 7) is -0.113. The SMILES string of the molecule is CN(c1ccc(OCC(=O)Nc2ccc(C34CC5CC(CC(C5)C3)C4)cc2)cc1)S(C)(=O)=O. The molecule has 4 bridgehead atoms. The Hall–Kier alpha value is -2.54. The van der Waals surface area contributed by atoms with Crippen LogP contribution in [0.25, 0.3) is 0 Å². The van der Waals surface area contributed by atoms with E-state index < -0.39 is 10.0 Å². The van der Waals surface area contributed by atoms with Gasteiger partial charge in [-0.05, 0) is 104 Å². The number of hydrogen-bond acceptors (Lipinski definition) is 4. The molecule has 1 N–H and O–H groups in total. The fourth-order valence-corrected chi connectivity index (χ4v) is 7.17. The highest BCUT2D eigenvalue weighted by atomic mass is 32.2. The van der Waals surface area contributed by atoms with Crippen molar-refractivity contribution in [2.24, 2.45) is 17.8 Å². The van der Waals surface area contributed by atoms with Crippen molar-refractivity contribution in [1.82, 2.24) is 0 Å². The van der Waals surface area contributed by atoms with Gasteiger partial charge in [0.2, 0.25) is 10.0 Å². The molecule has 6 nitrogen and oxygen atoms in total. The molecule has 4 aliphatic carbocycles. The highest BCUT2D eigenvalue weighted by Crippen LogP contribution is 2.60. The van der Waals surface area contributed by atoms with Gasteiger partial charge in [-0.15, -0.1) is 0 Å². The lowest BCUT2D eigenvalue weighted by atomic mass is 9.48. The Labute approximate surface area is 196 Å². The molecular formula is C26H32N2O4S. The second-order valence-electron chi connectivity index (χ2n) is 10.3. The molecule has 0 radical (unpaired) electrons. The Morgan fingerprint density at radius 1 is 0.970 bits per heavy atom. The third-order valence-corrected chi connectivity index (χ3v) is 9.09. The Bertz CT molecular complexity index is 1090. The van der Waals surface area contributed by atoms with Gasteiger partial charge in [-0.25, -0.2) is 8.42 Å². The summed E-state index contributed by atoms with van der Waals surface area (Å²) in [6.07, 6.45) is 9.45. The van der Waals surface area contributed by atoms with Crippen LogP contribution in [-0.2, 0) is 20.2 Å². The number of hydrogen-bond donors (Lipinski definition) is 1. The first-order chi connectivity index (χ1) is 15.7. The molecule has 0 aliphatic heterocycles. The van der Waals surface area contributed by atoms with Crippen LogP contribution in [0, 0.1) is 17.8 Å². The summed E-state index contributed by atoms with van der Waals surface area (Å²) in [5.74, 6) is 3.01. The van der Waals surface area contributed by atoms with E-state index in [1.54, 1.807) is 24.3 Å². The van der Waals surface area contributed by atoms with E-state index in [0.29, 0.717) is 16.9 Å². The quantitative estimate of drug-likeness (QED) is 0.646. The molecule has 2 aromatic carbocycles. The number of ether oxygens (including phenoxy) is 1. The van der Waals surface area contributed by atoms with Gasteiger partial charge < -0.3 is 10.1 Å². The third kappa shape index (κ3) is 4.60. The zero-order valence-electron chi connectivity index (χ0n) is 19.3. The number of sulfonamides is 1. The first-order valence-electron chi connectivity index (χ1n) is 11.8. The largest absolute Gasteiger partial charge is 0.484 e. The monoisotopic (exact) mass is 468 g/mol. The molecule has 2 aromatic rings. The predicted molar refractivity (Wildman–Crippen MR) is 130 cm³/mol. The minimum atomic E-state index is -3.32. The highest BCUT2D eigenvalue weighted by molar-refractivity contribution is 7.92. The fourth-order valence-electron chi connectivity index (χ4n) is 6.66. The molecule has 7 heteroatoms. The lowest BCUT2D eigenvalue weighted by molar-refractivity contribution is -0.118. The van der Waals surface area contributed by atoms with Gasteiger partial charge in [-0.3, -0.25) is 9.10 Å². The van der Waals surface area contributed by atoms with Gasteiger partial charge in [0.05, 0.1) is 11.9 Å². The average Bonchev–Trinajstić information content (AvgIpc) is 2.76. The zero-order chi connectivity index (χ0) is 23.2. The Morgan fingerprint density at radius 2 is 1.52 bits per heavy atom. The zero-order valence-corrected chi connectivity index (χ0v) is 20.1. The van der Waals surface area contributed by atoms with Gasteiger partial charge in [-0.2, -0.15) is 0 Å². The first-order valence-corrected chi connectivity index (χ1v) is 13.6. The molecule has 0 atom stereocenters. The van der Waals surface area contributed by atoms with Crippen LogP contribution in [0.5, 0.6) is 5.75 Å². The molecule has 1 amide bonds. The Morgan fingerprint density at radius 3 is 2.03 bits per heavy atom. The molecule has 0 heterocycles. The maximum atomic E-state index is 12.4. The van der Waals surface area contributed by atoms with Crippen molar-refractivity contribution in [2.75, 3.05) is 29.5 Å². The smallest absolute Gasteiger partial charge is 0.262 e. The normalized spacial score (nSPS) is 27.9. The number of nitrogens with zero attached hydrogens (tertiary/aromatic N) is 1. The Kier molecular flexibility index (Phi) is 5.63. The van der Waals surface area contributed by atoms with Gasteiger partial charge in [0.1, 0.15) is 5.75 Å². The summed E-state index contributed by atoms with van der Waals surface area (Å²) in [7, 11) is -1.82. The Balaban J connectivity index is 1.16. The van der Waals surface area contributed by atoms with Gasteiger partial charge >= 0.3 is 0 Å². The van der Waals surface area contributed by atoms with Crippen molar-refractivity contribution in [2.45, 2.75) is 43.9 Å². The van der Waals surface area contributed by atoms with Crippen molar-refractivity contribution in [3.63, 3.8) is 0 Å². The van der Waals surface area contributed by atoms with Crippen LogP contribution in [0.2, 0.25) is 0 Å². The van der Waals surface area contributed by atoms with Gasteiger partial charge in [0.25, 0.3) is 5.91 Å². The van der Waals surface area contributed by atoms with Crippen LogP contribution in [0.4, 0.5) is 11.4 Å². The van der Waals surface area contributed by atoms with E-state index >= 15 is 0 Å². The van der Waals surface area contributed by atoms with Crippen LogP contribution in [-0.4, -0.2) is 34.2 Å². The topological polar surface area (TPSA) is 75.7 Å². The second-order valence-corrected chi connectivity index (χ2v) is 12.4. The number of benzene rings is 2. The third-order valence-electron chi connectivity index (χ3n) is 7.89. The van der Waals surface area contributed by atoms with E-state index in [2.05, 4.69) is 17.4 Å². The number of rotatable bonds is 7. The number of carbonyl (C=O) groups excluding carboxylic acids is 1. The molecule has 0 unspecified atom stereocenters. The van der Waals surface area contributed by atoms with E-state index in [0.717, 1.165) is 29.7 Å². The lowest BCUT2D eigenvalue weighted by Crippen LogP contribution is -2.48. The molecule has 0 aromatic heterocycles. The standard InChI is InChI=1S/C26H32N2O4S/c1-28(33(2,30)31)23-7-9-24(10-8-23)32-17-25(29)27-22-5-3-21(4-6-22)26-14-18-11-19(15-26)13-20(12-18)16-26/h3-10,18-20H,11-17H2,1-2H3,(H,27,29). The molecule has 33 heavy (non-hydrogen) atoms. The minimum Gasteiger partial charge on any atom is -0.484 e. The van der Waals surface area contributed by atoms with Crippen molar-refractivity contribution in [3.8, 4) is 5.75 Å². The van der Waals surface area contributed by atoms with E-state index in [1.165, 1.54) is 55.4 Å². The molecular weight excluding hydrogens is 436 g/mol. The molecule has 0 saturated heterocycles. The van der Waals surface area contributed by atoms with Crippen molar-refractivity contribution >= 4 is 27.3 Å². The molecule has 0 spiro atoms. The van der Waals surface area contributed by atoms with E-state index in [-0.39, 0.29) is 12.5 Å². The molecule has 4 saturated carbocycles. The maximum Gasteiger partial charge on any atom is 0.262 e. The summed E-state index contributed by atoms with van der Waals surface area (Å²) in [6, 6.07) is 15.1. The van der Waals surface area contributed by atoms with Gasteiger partial charge in [-0.1, -0.05) is 12.1 Å². The number of carbonyl (C=O) groups is 1. The molecule has 176 valence electrons. The van der Waals surface area contributed by atoms with Crippen molar-refractivity contribution in [3.05, 3.63) is 54.1 Å². The summed E-state index contributed by atoms with van der Waals surface area (Å²) < 4.78 is 30.0. The predicted octanol–water partition coefficient (Wildman–Crippen LogP) is 4.57. The van der Waals surface area contributed by atoms with Crippen LogP contribution >= 0.6 is 0 Å². The van der Waals surface area contributed by atoms with Crippen LogP contribution in [0.15, 0.2) is 48.5 Å². The summed E-state index contributed by atoms with van der Waals surface area (Å²) in [5.41, 5.74) is 3.11. The summed E-state index contributed by atoms with van der Waals surface area (Å²) in [5, 5.41) is 2.91. The summed E-state index contributed by atoms with van der Waals surface area (Å²) >= 11 is 0. The molecule has 6 rings (SSSR count). The van der Waals surface area contributed by atoms with Crippen molar-refractivity contribution in [1.29, 1.82) is 0 Å². The van der Waals surface area contributed by atoms with Crippen LogP contribution in [0.3, 0.4) is 0 Å². The number of anilines is 2. The number of nitrogens with one attached hydrogen (secondary N) is 1. The maximum absolute atomic E-state index is 12.4. The first kappa shape index (κ1) is 22.3. The van der Waals surface area contributed by atoms with E-state index in [9.17, 15) is 13.2 Å². The average molecular weight is 469 g/mol. The van der Waals surface area contributed by atoms with Crippen LogP contribution in [0.1, 0.15) is 44.1 Å². The van der Waals surface area contributed by atoms with E-state index in [1.807, 2.05) is 12.1 Å². The summed E-state index contributed by atoms with van der Waals surface area (Å²) in [4.78, 5) is 12.4. The van der Waals surface area contributed by atoms with E-state index in [4.69, 9.17) is 4.74 Å². The number of amides is 1. The fraction of sp³-hybridized carbons (Fsp3) is 0.500. The highest BCUT2D eigenvalue weighted by Gasteiger charge is 2.51. The molecule has 4 fully saturated rings. The lowest BCUT2D eigenvalue weighted by Gasteiger charge is -2.57. The second kappa shape index (κ2) is 8.35. The van der Waals surface area contributed by atoms with Crippen LogP contribution < -0.4 is 14.4 Å². The van der Waals surface area contributed by atoms with Crippen molar-refractivity contribution < 1.29 is 17.9 Å². The van der Waals surface area contributed by atoms with Gasteiger partial charge in [0.15, 0.2) is 6.61 Å². The molecule has 4 aliphatic rings. The minimum absolute atomic E-state index is 0.113.